The number of nitrogens with one attached hydrogen (secondary N) is 2. The predicted molar refractivity (Wildman–Crippen MR) is 81.9 cm³/mol. The lowest BCUT2D eigenvalue weighted by Gasteiger charge is -2.32. The third kappa shape index (κ3) is 10.2. The molecule has 2 N–H and O–H groups in total. The molecule has 0 aliphatic carbocycles. The highest BCUT2D eigenvalue weighted by molar-refractivity contribution is 5.77. The second-order valence-corrected chi connectivity index (χ2v) is 6.29. The molecule has 120 valence electrons. The van der Waals surface area contributed by atoms with Crippen LogP contribution in [-0.4, -0.2) is 50.0 Å². The summed E-state index contributed by atoms with van der Waals surface area (Å²) in [6.07, 6.45) is 1.11. The smallest absolute Gasteiger partial charge is 0.246 e. The van der Waals surface area contributed by atoms with Crippen LogP contribution < -0.4 is 10.6 Å². The van der Waals surface area contributed by atoms with E-state index in [1.807, 2.05) is 34.6 Å². The van der Waals surface area contributed by atoms with Crippen molar-refractivity contribution < 1.29 is 14.3 Å². The van der Waals surface area contributed by atoms with Crippen molar-refractivity contribution in [2.75, 3.05) is 32.9 Å². The SMILES string of the molecule is CCCNCC(C)(C)OCC(C)(C)NC(=O)COCC. The van der Waals surface area contributed by atoms with Crippen molar-refractivity contribution >= 4 is 5.91 Å². The number of carbonyl (C=O) groups is 1. The van der Waals surface area contributed by atoms with Gasteiger partial charge in [-0.25, -0.2) is 0 Å². The summed E-state index contributed by atoms with van der Waals surface area (Å²) in [7, 11) is 0. The molecule has 0 aliphatic heterocycles. The van der Waals surface area contributed by atoms with Crippen LogP contribution in [0.3, 0.4) is 0 Å². The van der Waals surface area contributed by atoms with Crippen molar-refractivity contribution in [3.63, 3.8) is 0 Å². The summed E-state index contributed by atoms with van der Waals surface area (Å²) in [6, 6.07) is 0. The minimum absolute atomic E-state index is 0.0986. The van der Waals surface area contributed by atoms with Crippen LogP contribution in [-0.2, 0) is 14.3 Å². The molecule has 20 heavy (non-hydrogen) atoms. The minimum atomic E-state index is -0.407. The van der Waals surface area contributed by atoms with Gasteiger partial charge in [0.15, 0.2) is 0 Å². The highest BCUT2D eigenvalue weighted by Crippen LogP contribution is 2.12. The Bertz CT molecular complexity index is 278. The van der Waals surface area contributed by atoms with Crippen molar-refractivity contribution in [2.45, 2.75) is 59.1 Å². The highest BCUT2D eigenvalue weighted by atomic mass is 16.5. The zero-order valence-corrected chi connectivity index (χ0v) is 14.0. The normalized spacial score (nSPS) is 12.5. The molecule has 0 aromatic carbocycles. The largest absolute Gasteiger partial charge is 0.372 e. The van der Waals surface area contributed by atoms with E-state index in [-0.39, 0.29) is 18.1 Å². The second kappa shape index (κ2) is 9.32. The Morgan fingerprint density at radius 3 is 2.35 bits per heavy atom. The van der Waals surface area contributed by atoms with Crippen LogP contribution in [0.1, 0.15) is 48.0 Å². The number of hydrogen-bond donors (Lipinski definition) is 2. The molecule has 0 saturated heterocycles. The maximum atomic E-state index is 11.6. The number of hydrogen-bond acceptors (Lipinski definition) is 4. The summed E-state index contributed by atoms with van der Waals surface area (Å²) in [5.41, 5.74) is -0.659. The Kier molecular flexibility index (Phi) is 9.01. The summed E-state index contributed by atoms with van der Waals surface area (Å²) in [4.78, 5) is 11.6. The van der Waals surface area contributed by atoms with E-state index in [1.165, 1.54) is 0 Å². The standard InChI is InChI=1S/C15H32N2O3/c1-7-9-16-11-15(5,6)20-12-14(3,4)17-13(18)10-19-8-2/h16H,7-12H2,1-6H3,(H,17,18). The van der Waals surface area contributed by atoms with Gasteiger partial charge in [0.2, 0.25) is 5.91 Å². The Morgan fingerprint density at radius 1 is 1.15 bits per heavy atom. The Labute approximate surface area is 123 Å². The second-order valence-electron chi connectivity index (χ2n) is 6.29. The fourth-order valence-corrected chi connectivity index (χ4v) is 1.64. The van der Waals surface area contributed by atoms with Gasteiger partial charge in [-0.2, -0.15) is 0 Å². The molecular formula is C15H32N2O3. The molecule has 5 heteroatoms. The molecule has 0 bridgehead atoms. The third-order valence-corrected chi connectivity index (χ3v) is 2.72. The van der Waals surface area contributed by atoms with Crippen molar-refractivity contribution in [2.24, 2.45) is 0 Å². The predicted octanol–water partition coefficient (Wildman–Crippen LogP) is 1.71. The van der Waals surface area contributed by atoms with Crippen LogP contribution in [0.5, 0.6) is 0 Å². The first-order chi connectivity index (χ1) is 9.22. The van der Waals surface area contributed by atoms with E-state index in [0.29, 0.717) is 13.2 Å². The van der Waals surface area contributed by atoms with Gasteiger partial charge in [0, 0.05) is 13.2 Å². The summed E-state index contributed by atoms with van der Waals surface area (Å²) in [6.45, 7) is 14.9. The number of ether oxygens (including phenoxy) is 2. The van der Waals surface area contributed by atoms with Gasteiger partial charge < -0.3 is 20.1 Å². The summed E-state index contributed by atoms with van der Waals surface area (Å²) in [5, 5.41) is 6.27. The van der Waals surface area contributed by atoms with Crippen LogP contribution in [0.2, 0.25) is 0 Å². The van der Waals surface area contributed by atoms with Gasteiger partial charge in [0.25, 0.3) is 0 Å². The molecule has 0 atom stereocenters. The van der Waals surface area contributed by atoms with Gasteiger partial charge in [0.05, 0.1) is 17.7 Å². The summed E-state index contributed by atoms with van der Waals surface area (Å²) < 4.78 is 11.0. The van der Waals surface area contributed by atoms with Crippen LogP contribution in [0.4, 0.5) is 0 Å². The van der Waals surface area contributed by atoms with Crippen molar-refractivity contribution in [3.05, 3.63) is 0 Å². The van der Waals surface area contributed by atoms with Gasteiger partial charge >= 0.3 is 0 Å². The van der Waals surface area contributed by atoms with Crippen LogP contribution in [0, 0.1) is 0 Å². The van der Waals surface area contributed by atoms with E-state index < -0.39 is 5.54 Å². The maximum Gasteiger partial charge on any atom is 0.246 e. The molecule has 0 spiro atoms. The average molecular weight is 288 g/mol. The van der Waals surface area contributed by atoms with Gasteiger partial charge in [-0.3, -0.25) is 4.79 Å². The zero-order chi connectivity index (χ0) is 15.6. The van der Waals surface area contributed by atoms with Crippen LogP contribution in [0.25, 0.3) is 0 Å². The zero-order valence-electron chi connectivity index (χ0n) is 14.0. The quantitative estimate of drug-likeness (QED) is 0.568. The van der Waals surface area contributed by atoms with E-state index in [0.717, 1.165) is 19.5 Å². The van der Waals surface area contributed by atoms with Crippen LogP contribution in [0.15, 0.2) is 0 Å². The lowest BCUT2D eigenvalue weighted by molar-refractivity contribution is -0.129. The van der Waals surface area contributed by atoms with Gasteiger partial charge in [-0.15, -0.1) is 0 Å². The first kappa shape index (κ1) is 19.4. The summed E-state index contributed by atoms with van der Waals surface area (Å²) in [5.74, 6) is -0.109. The first-order valence-corrected chi connectivity index (χ1v) is 7.46. The maximum absolute atomic E-state index is 11.6. The van der Waals surface area contributed by atoms with Gasteiger partial charge in [0.1, 0.15) is 6.61 Å². The minimum Gasteiger partial charge on any atom is -0.372 e. The summed E-state index contributed by atoms with van der Waals surface area (Å²) >= 11 is 0. The Balaban J connectivity index is 4.09. The molecule has 0 radical (unpaired) electrons. The van der Waals surface area contributed by atoms with E-state index in [1.54, 1.807) is 0 Å². The molecule has 0 rings (SSSR count). The lowest BCUT2D eigenvalue weighted by atomic mass is 10.1. The van der Waals surface area contributed by atoms with Crippen molar-refractivity contribution in [3.8, 4) is 0 Å². The first-order valence-electron chi connectivity index (χ1n) is 7.46. The lowest BCUT2D eigenvalue weighted by Crippen LogP contribution is -2.51. The Morgan fingerprint density at radius 2 is 1.80 bits per heavy atom. The number of amides is 1. The number of rotatable bonds is 11. The molecule has 1 amide bonds. The highest BCUT2D eigenvalue weighted by Gasteiger charge is 2.26. The van der Waals surface area contributed by atoms with E-state index in [9.17, 15) is 4.79 Å². The van der Waals surface area contributed by atoms with E-state index in [2.05, 4.69) is 17.6 Å². The molecule has 0 aromatic heterocycles. The molecule has 0 fully saturated rings. The molecule has 0 saturated carbocycles. The van der Waals surface area contributed by atoms with Gasteiger partial charge in [-0.05, 0) is 47.6 Å². The molecule has 0 heterocycles. The molecule has 0 aliphatic rings. The monoisotopic (exact) mass is 288 g/mol. The average Bonchev–Trinajstić information content (AvgIpc) is 2.34. The third-order valence-electron chi connectivity index (χ3n) is 2.72. The molecule has 0 unspecified atom stereocenters. The molecular weight excluding hydrogens is 256 g/mol. The fraction of sp³-hybridized carbons (Fsp3) is 0.933. The fourth-order valence-electron chi connectivity index (χ4n) is 1.64. The van der Waals surface area contributed by atoms with Gasteiger partial charge in [-0.1, -0.05) is 6.92 Å². The van der Waals surface area contributed by atoms with Crippen molar-refractivity contribution in [1.29, 1.82) is 0 Å². The molecule has 5 nitrogen and oxygen atoms in total. The van der Waals surface area contributed by atoms with Crippen LogP contribution >= 0.6 is 0 Å². The van der Waals surface area contributed by atoms with E-state index >= 15 is 0 Å². The van der Waals surface area contributed by atoms with E-state index in [4.69, 9.17) is 9.47 Å². The Hall–Kier alpha value is -0.650. The number of carbonyl (C=O) groups excluding carboxylic acids is 1. The topological polar surface area (TPSA) is 59.6 Å². The molecule has 0 aromatic rings. The van der Waals surface area contributed by atoms with Crippen molar-refractivity contribution in [1.82, 2.24) is 10.6 Å².